The van der Waals surface area contributed by atoms with Gasteiger partial charge in [0.2, 0.25) is 5.95 Å². The van der Waals surface area contributed by atoms with E-state index < -0.39 is 0 Å². The lowest BCUT2D eigenvalue weighted by Gasteiger charge is -2.38. The number of nitrogens with one attached hydrogen (secondary N) is 1. The maximum atomic E-state index is 11.6. The van der Waals surface area contributed by atoms with Gasteiger partial charge in [0.05, 0.1) is 10.6 Å². The van der Waals surface area contributed by atoms with Crippen molar-refractivity contribution < 1.29 is 9.59 Å². The van der Waals surface area contributed by atoms with Gasteiger partial charge < -0.3 is 10.6 Å². The van der Waals surface area contributed by atoms with Crippen molar-refractivity contribution in [2.24, 2.45) is 11.1 Å². The van der Waals surface area contributed by atoms with Gasteiger partial charge in [-0.15, -0.1) is 0 Å². The molecule has 0 bridgehead atoms. The molecule has 8 heteroatoms. The molecule has 2 amide bonds. The number of piperidine rings is 1. The Hall–Kier alpha value is -1.93. The van der Waals surface area contributed by atoms with E-state index in [2.05, 4.69) is 27.1 Å². The fourth-order valence-electron chi connectivity index (χ4n) is 2.60. The first-order valence-electron chi connectivity index (χ1n) is 7.52. The van der Waals surface area contributed by atoms with Gasteiger partial charge in [0.1, 0.15) is 0 Å². The van der Waals surface area contributed by atoms with Crippen molar-refractivity contribution in [3.63, 3.8) is 0 Å². The first-order chi connectivity index (χ1) is 11.0. The number of nitrogens with two attached hydrogens (primary N) is 1. The number of rotatable bonds is 3. The highest BCUT2D eigenvalue weighted by Crippen LogP contribution is 2.31. The van der Waals surface area contributed by atoms with Crippen LogP contribution in [0.25, 0.3) is 6.08 Å². The molecule has 1 aromatic heterocycles. The van der Waals surface area contributed by atoms with Gasteiger partial charge in [-0.25, -0.2) is 9.97 Å². The molecule has 2 saturated heterocycles. The van der Waals surface area contributed by atoms with Gasteiger partial charge in [-0.3, -0.25) is 14.9 Å². The summed E-state index contributed by atoms with van der Waals surface area (Å²) in [4.78, 5) is 34.1. The van der Waals surface area contributed by atoms with E-state index in [0.717, 1.165) is 37.7 Å². The second kappa shape index (κ2) is 6.29. The lowest BCUT2D eigenvalue weighted by Crippen LogP contribution is -2.42. The third-order valence-electron chi connectivity index (χ3n) is 4.33. The first-order valence-corrected chi connectivity index (χ1v) is 8.34. The minimum absolute atomic E-state index is 0.190. The lowest BCUT2D eigenvalue weighted by molar-refractivity contribution is -0.115. The molecule has 0 saturated carbocycles. The summed E-state index contributed by atoms with van der Waals surface area (Å²) in [5.74, 6) is 0.269. The molecule has 2 aliphatic rings. The van der Waals surface area contributed by atoms with Crippen molar-refractivity contribution in [1.29, 1.82) is 0 Å². The van der Waals surface area contributed by atoms with Gasteiger partial charge in [0.15, 0.2) is 0 Å². The summed E-state index contributed by atoms with van der Waals surface area (Å²) in [6.07, 6.45) is 5.30. The Morgan fingerprint density at radius 3 is 2.78 bits per heavy atom. The van der Waals surface area contributed by atoms with Crippen LogP contribution in [0.5, 0.6) is 0 Å². The molecule has 0 aliphatic carbocycles. The van der Waals surface area contributed by atoms with Crippen molar-refractivity contribution in [1.82, 2.24) is 15.3 Å². The zero-order valence-electron chi connectivity index (χ0n) is 12.9. The van der Waals surface area contributed by atoms with Crippen LogP contribution in [0.2, 0.25) is 0 Å². The number of carbonyl (C=O) groups is 2. The highest BCUT2D eigenvalue weighted by molar-refractivity contribution is 8.18. The molecule has 122 valence electrons. The summed E-state index contributed by atoms with van der Waals surface area (Å²) in [6.45, 7) is 4.62. The van der Waals surface area contributed by atoms with E-state index in [0.29, 0.717) is 23.1 Å². The second-order valence-corrected chi connectivity index (χ2v) is 7.15. The number of thioether (sulfide) groups is 1. The topological polar surface area (TPSA) is 101 Å². The Morgan fingerprint density at radius 1 is 1.43 bits per heavy atom. The van der Waals surface area contributed by atoms with Crippen LogP contribution in [-0.4, -0.2) is 40.7 Å². The minimum atomic E-state index is -0.378. The van der Waals surface area contributed by atoms with Crippen LogP contribution in [-0.2, 0) is 4.79 Å². The molecule has 3 rings (SSSR count). The van der Waals surface area contributed by atoms with E-state index in [1.165, 1.54) is 0 Å². The molecule has 1 aromatic rings. The largest absolute Gasteiger partial charge is 0.341 e. The number of carbonyl (C=O) groups excluding carboxylic acids is 2. The summed E-state index contributed by atoms with van der Waals surface area (Å²) >= 11 is 0.886. The number of hydrogen-bond donors (Lipinski definition) is 2. The monoisotopic (exact) mass is 333 g/mol. The summed E-state index contributed by atoms with van der Waals surface area (Å²) in [5.41, 5.74) is 6.65. The Bertz CT molecular complexity index is 668. The zero-order valence-corrected chi connectivity index (χ0v) is 13.7. The SMILES string of the molecule is CC1(CN)CCN(c2nccc(C=C3SC(=O)NC3=O)n2)CC1. The van der Waals surface area contributed by atoms with Crippen LogP contribution in [0.4, 0.5) is 10.7 Å². The van der Waals surface area contributed by atoms with Gasteiger partial charge in [-0.2, -0.15) is 0 Å². The lowest BCUT2D eigenvalue weighted by atomic mass is 9.81. The van der Waals surface area contributed by atoms with Gasteiger partial charge in [-0.05, 0) is 48.7 Å². The van der Waals surface area contributed by atoms with Gasteiger partial charge in [-0.1, -0.05) is 6.92 Å². The predicted molar refractivity (Wildman–Crippen MR) is 89.7 cm³/mol. The van der Waals surface area contributed by atoms with Crippen molar-refractivity contribution in [2.45, 2.75) is 19.8 Å². The van der Waals surface area contributed by atoms with E-state index in [9.17, 15) is 9.59 Å². The number of nitrogens with zero attached hydrogens (tertiary/aromatic N) is 3. The van der Waals surface area contributed by atoms with Crippen LogP contribution >= 0.6 is 11.8 Å². The van der Waals surface area contributed by atoms with Crippen molar-refractivity contribution in [3.8, 4) is 0 Å². The molecular weight excluding hydrogens is 314 g/mol. The van der Waals surface area contributed by atoms with Crippen molar-refractivity contribution in [3.05, 3.63) is 22.9 Å². The third-order valence-corrected chi connectivity index (χ3v) is 5.14. The maximum absolute atomic E-state index is 11.6. The Kier molecular flexibility index (Phi) is 4.36. The second-order valence-electron chi connectivity index (χ2n) is 6.14. The average molecular weight is 333 g/mol. The number of imide groups is 1. The zero-order chi connectivity index (χ0) is 16.4. The van der Waals surface area contributed by atoms with Gasteiger partial charge >= 0.3 is 0 Å². The van der Waals surface area contributed by atoms with Gasteiger partial charge in [0.25, 0.3) is 11.1 Å². The Labute approximate surface area is 138 Å². The molecule has 0 radical (unpaired) electrons. The number of aromatic nitrogens is 2. The Morgan fingerprint density at radius 2 is 2.17 bits per heavy atom. The van der Waals surface area contributed by atoms with E-state index in [1.807, 2.05) is 0 Å². The molecule has 23 heavy (non-hydrogen) atoms. The number of anilines is 1. The molecule has 0 atom stereocenters. The van der Waals surface area contributed by atoms with E-state index >= 15 is 0 Å². The van der Waals surface area contributed by atoms with Crippen LogP contribution in [0.1, 0.15) is 25.5 Å². The summed E-state index contributed by atoms with van der Waals surface area (Å²) in [7, 11) is 0. The molecule has 0 unspecified atom stereocenters. The van der Waals surface area contributed by atoms with E-state index in [4.69, 9.17) is 5.73 Å². The van der Waals surface area contributed by atoms with E-state index in [-0.39, 0.29) is 16.6 Å². The molecule has 2 aliphatic heterocycles. The molecule has 0 spiro atoms. The normalized spacial score (nSPS) is 22.5. The molecule has 0 aromatic carbocycles. The quantitative estimate of drug-likeness (QED) is 0.805. The smallest absolute Gasteiger partial charge is 0.290 e. The first kappa shape index (κ1) is 15.9. The fraction of sp³-hybridized carbons (Fsp3) is 0.467. The molecular formula is C15H19N5O2S. The van der Waals surface area contributed by atoms with Crippen LogP contribution in [0.3, 0.4) is 0 Å². The number of amides is 2. The van der Waals surface area contributed by atoms with E-state index in [1.54, 1.807) is 18.3 Å². The van der Waals surface area contributed by atoms with Gasteiger partial charge in [0, 0.05) is 19.3 Å². The Balaban J connectivity index is 1.75. The van der Waals surface area contributed by atoms with Crippen molar-refractivity contribution >= 4 is 34.9 Å². The molecule has 3 N–H and O–H groups in total. The number of hydrogen-bond acceptors (Lipinski definition) is 7. The predicted octanol–water partition coefficient (Wildman–Crippen LogP) is 1.37. The maximum Gasteiger partial charge on any atom is 0.290 e. The van der Waals surface area contributed by atoms with Crippen LogP contribution < -0.4 is 16.0 Å². The summed E-state index contributed by atoms with van der Waals surface area (Å²) in [6, 6.07) is 1.72. The summed E-state index contributed by atoms with van der Waals surface area (Å²) in [5, 5.41) is 1.88. The highest BCUT2D eigenvalue weighted by atomic mass is 32.2. The average Bonchev–Trinajstić information content (AvgIpc) is 2.86. The fourth-order valence-corrected chi connectivity index (χ4v) is 3.27. The highest BCUT2D eigenvalue weighted by Gasteiger charge is 2.30. The summed E-state index contributed by atoms with van der Waals surface area (Å²) < 4.78 is 0. The molecule has 2 fully saturated rings. The third kappa shape index (κ3) is 3.53. The van der Waals surface area contributed by atoms with Crippen LogP contribution in [0.15, 0.2) is 17.2 Å². The van der Waals surface area contributed by atoms with Crippen molar-refractivity contribution in [2.75, 3.05) is 24.5 Å². The molecule has 3 heterocycles. The standard InChI is InChI=1S/C15H19N5O2S/c1-15(9-16)3-6-20(7-4-15)13-17-5-2-10(18-13)8-11-12(21)19-14(22)23-11/h2,5,8H,3-4,6-7,9,16H2,1H3,(H,19,21,22). The van der Waals surface area contributed by atoms with Crippen LogP contribution in [0, 0.1) is 5.41 Å². The minimum Gasteiger partial charge on any atom is -0.341 e. The molecule has 7 nitrogen and oxygen atoms in total.